The average molecular weight is 235 g/mol. The maximum absolute atomic E-state index is 11.9. The van der Waals surface area contributed by atoms with Gasteiger partial charge in [-0.05, 0) is 40.5 Å². The summed E-state index contributed by atoms with van der Waals surface area (Å²) in [7, 11) is 0. The van der Waals surface area contributed by atoms with E-state index in [4.69, 9.17) is 0 Å². The van der Waals surface area contributed by atoms with Gasteiger partial charge in [0.1, 0.15) is 6.34 Å². The third-order valence-electron chi connectivity index (χ3n) is 3.83. The fourth-order valence-corrected chi connectivity index (χ4v) is 2.98. The standard InChI is InChI=1S/C13H21N3O/c1-12(2)10(13(3,4)11(12)17)15-14-9-16-7-5-6-8-16/h9H,5-8H2,1-4H3/b14-9+. The van der Waals surface area contributed by atoms with Crippen molar-refractivity contribution in [3.05, 3.63) is 0 Å². The first-order valence-corrected chi connectivity index (χ1v) is 6.28. The molecule has 0 amide bonds. The molecule has 2 fully saturated rings. The molecule has 0 aromatic carbocycles. The Hall–Kier alpha value is -1.19. The summed E-state index contributed by atoms with van der Waals surface area (Å²) >= 11 is 0. The maximum atomic E-state index is 11.9. The fraction of sp³-hybridized carbons (Fsp3) is 0.769. The van der Waals surface area contributed by atoms with Gasteiger partial charge in [-0.1, -0.05) is 0 Å². The molecule has 0 bridgehead atoms. The second-order valence-electron chi connectivity index (χ2n) is 6.00. The van der Waals surface area contributed by atoms with Crippen molar-refractivity contribution in [1.29, 1.82) is 0 Å². The summed E-state index contributed by atoms with van der Waals surface area (Å²) in [6.45, 7) is 9.82. The Balaban J connectivity index is 2.08. The van der Waals surface area contributed by atoms with Gasteiger partial charge >= 0.3 is 0 Å². The van der Waals surface area contributed by atoms with Crippen molar-refractivity contribution in [2.24, 2.45) is 21.0 Å². The third-order valence-corrected chi connectivity index (χ3v) is 3.83. The fourth-order valence-electron chi connectivity index (χ4n) is 2.98. The van der Waals surface area contributed by atoms with Crippen LogP contribution in [0.3, 0.4) is 0 Å². The molecule has 1 aliphatic heterocycles. The molecule has 4 heteroatoms. The predicted octanol–water partition coefficient (Wildman–Crippen LogP) is 2.10. The van der Waals surface area contributed by atoms with Gasteiger partial charge in [0, 0.05) is 13.1 Å². The number of hydrogen-bond donors (Lipinski definition) is 0. The Morgan fingerprint density at radius 1 is 1.12 bits per heavy atom. The Morgan fingerprint density at radius 3 is 2.18 bits per heavy atom. The minimum absolute atomic E-state index is 0.250. The number of carbonyl (C=O) groups excluding carboxylic acids is 1. The van der Waals surface area contributed by atoms with Gasteiger partial charge in [0.05, 0.1) is 16.5 Å². The number of ketones is 1. The first kappa shape index (κ1) is 12.3. The SMILES string of the molecule is CC1(C)C(=O)C(C)(C)C1=N/N=C/N1CCCC1. The van der Waals surface area contributed by atoms with Crippen molar-refractivity contribution in [2.45, 2.75) is 40.5 Å². The monoisotopic (exact) mass is 235 g/mol. The van der Waals surface area contributed by atoms with Gasteiger partial charge in [0.2, 0.25) is 0 Å². The van der Waals surface area contributed by atoms with Crippen LogP contribution < -0.4 is 0 Å². The van der Waals surface area contributed by atoms with E-state index in [1.165, 1.54) is 12.8 Å². The summed E-state index contributed by atoms with van der Waals surface area (Å²) in [5.74, 6) is 0.250. The number of carbonyl (C=O) groups is 1. The highest BCUT2D eigenvalue weighted by Crippen LogP contribution is 2.47. The van der Waals surface area contributed by atoms with E-state index in [9.17, 15) is 4.79 Å². The lowest BCUT2D eigenvalue weighted by Crippen LogP contribution is -2.61. The highest BCUT2D eigenvalue weighted by molar-refractivity contribution is 6.31. The smallest absolute Gasteiger partial charge is 0.155 e. The van der Waals surface area contributed by atoms with Crippen LogP contribution in [-0.2, 0) is 4.79 Å². The van der Waals surface area contributed by atoms with E-state index in [1.807, 2.05) is 27.7 Å². The van der Waals surface area contributed by atoms with Gasteiger partial charge in [-0.2, -0.15) is 5.10 Å². The molecule has 0 unspecified atom stereocenters. The molecular formula is C13H21N3O. The summed E-state index contributed by atoms with van der Waals surface area (Å²) < 4.78 is 0. The van der Waals surface area contributed by atoms with Crippen LogP contribution in [-0.4, -0.2) is 35.8 Å². The lowest BCUT2D eigenvalue weighted by atomic mass is 9.53. The molecule has 0 N–H and O–H groups in total. The molecule has 1 heterocycles. The lowest BCUT2D eigenvalue weighted by molar-refractivity contribution is -0.134. The van der Waals surface area contributed by atoms with E-state index >= 15 is 0 Å². The van der Waals surface area contributed by atoms with Crippen LogP contribution in [0.1, 0.15) is 40.5 Å². The largest absolute Gasteiger partial charge is 0.361 e. The highest BCUT2D eigenvalue weighted by atomic mass is 16.1. The van der Waals surface area contributed by atoms with Crippen molar-refractivity contribution in [3.63, 3.8) is 0 Å². The number of rotatable bonds is 2. The van der Waals surface area contributed by atoms with Crippen LogP contribution >= 0.6 is 0 Å². The minimum atomic E-state index is -0.439. The van der Waals surface area contributed by atoms with Crippen molar-refractivity contribution < 1.29 is 4.79 Å². The Morgan fingerprint density at radius 2 is 1.65 bits per heavy atom. The highest BCUT2D eigenvalue weighted by Gasteiger charge is 2.59. The third kappa shape index (κ3) is 1.90. The van der Waals surface area contributed by atoms with Gasteiger partial charge in [-0.25, -0.2) is 0 Å². The second kappa shape index (κ2) is 3.93. The van der Waals surface area contributed by atoms with Crippen LogP contribution in [0.4, 0.5) is 0 Å². The summed E-state index contributed by atoms with van der Waals surface area (Å²) in [4.78, 5) is 14.1. The molecule has 2 rings (SSSR count). The molecule has 0 atom stereocenters. The molecule has 17 heavy (non-hydrogen) atoms. The molecule has 0 aromatic heterocycles. The molecule has 1 saturated heterocycles. The van der Waals surface area contributed by atoms with Gasteiger partial charge in [0.25, 0.3) is 0 Å². The van der Waals surface area contributed by atoms with Crippen molar-refractivity contribution >= 4 is 17.8 Å². The number of hydrogen-bond acceptors (Lipinski definition) is 3. The predicted molar refractivity (Wildman–Crippen MR) is 69.3 cm³/mol. The van der Waals surface area contributed by atoms with Gasteiger partial charge in [0.15, 0.2) is 5.78 Å². The van der Waals surface area contributed by atoms with E-state index in [-0.39, 0.29) is 5.78 Å². The van der Waals surface area contributed by atoms with E-state index in [0.717, 1.165) is 18.8 Å². The molecule has 1 aliphatic carbocycles. The molecular weight excluding hydrogens is 214 g/mol. The molecule has 1 saturated carbocycles. The van der Waals surface area contributed by atoms with Crippen LogP contribution in [0.25, 0.3) is 0 Å². The zero-order valence-corrected chi connectivity index (χ0v) is 11.2. The molecule has 0 spiro atoms. The zero-order valence-electron chi connectivity index (χ0n) is 11.2. The normalized spacial score (nSPS) is 26.5. The summed E-state index contributed by atoms with van der Waals surface area (Å²) in [5.41, 5.74) is 0.0166. The maximum Gasteiger partial charge on any atom is 0.155 e. The molecule has 0 aromatic rings. The van der Waals surface area contributed by atoms with Crippen LogP contribution in [0.15, 0.2) is 10.2 Å². The van der Waals surface area contributed by atoms with Crippen LogP contribution in [0.5, 0.6) is 0 Å². The van der Waals surface area contributed by atoms with Crippen molar-refractivity contribution in [2.75, 3.05) is 13.1 Å². The first-order valence-electron chi connectivity index (χ1n) is 6.28. The summed E-state index contributed by atoms with van der Waals surface area (Å²) in [6, 6.07) is 0. The van der Waals surface area contributed by atoms with E-state index in [0.29, 0.717) is 0 Å². The van der Waals surface area contributed by atoms with Gasteiger partial charge in [-0.3, -0.25) is 4.79 Å². The van der Waals surface area contributed by atoms with Crippen LogP contribution in [0, 0.1) is 10.8 Å². The number of likely N-dealkylation sites (tertiary alicyclic amines) is 1. The second-order valence-corrected chi connectivity index (χ2v) is 6.00. The van der Waals surface area contributed by atoms with Crippen molar-refractivity contribution in [1.82, 2.24) is 4.90 Å². The Bertz CT molecular complexity index is 367. The zero-order chi connectivity index (χ0) is 12.7. The molecule has 4 nitrogen and oxygen atoms in total. The first-order chi connectivity index (χ1) is 7.87. The number of nitrogens with zero attached hydrogens (tertiary/aromatic N) is 3. The van der Waals surface area contributed by atoms with Gasteiger partial charge < -0.3 is 4.90 Å². The lowest BCUT2D eigenvalue weighted by Gasteiger charge is -2.47. The Kier molecular flexibility index (Phi) is 2.84. The molecule has 2 aliphatic rings. The van der Waals surface area contributed by atoms with Crippen molar-refractivity contribution in [3.8, 4) is 0 Å². The molecule has 0 radical (unpaired) electrons. The average Bonchev–Trinajstić information content (AvgIpc) is 2.75. The quantitative estimate of drug-likeness (QED) is 0.418. The molecule has 94 valence electrons. The van der Waals surface area contributed by atoms with Crippen LogP contribution in [0.2, 0.25) is 0 Å². The van der Waals surface area contributed by atoms with E-state index < -0.39 is 10.8 Å². The Labute approximate surface area is 103 Å². The summed E-state index contributed by atoms with van der Waals surface area (Å²) in [6.07, 6.45) is 4.27. The number of Topliss-reactive ketones (excluding diaryl/α,β-unsaturated/α-hetero) is 1. The van der Waals surface area contributed by atoms with E-state index in [1.54, 1.807) is 6.34 Å². The summed E-state index contributed by atoms with van der Waals surface area (Å²) in [5, 5.41) is 8.41. The van der Waals surface area contributed by atoms with Gasteiger partial charge in [-0.15, -0.1) is 5.10 Å². The van der Waals surface area contributed by atoms with E-state index in [2.05, 4.69) is 15.1 Å². The topological polar surface area (TPSA) is 45.0 Å². The minimum Gasteiger partial charge on any atom is -0.361 e.